The van der Waals surface area contributed by atoms with E-state index in [1.54, 1.807) is 55.7 Å². The quantitative estimate of drug-likeness (QED) is 0.498. The topological polar surface area (TPSA) is 96.8 Å². The zero-order valence-corrected chi connectivity index (χ0v) is 20.3. The molecule has 8 nitrogen and oxygen atoms in total. The molecular weight excluding hydrogens is 453 g/mol. The lowest BCUT2D eigenvalue weighted by Crippen LogP contribution is -2.42. The maximum absolute atomic E-state index is 13.5. The minimum absolute atomic E-state index is 0.00654. The highest BCUT2D eigenvalue weighted by molar-refractivity contribution is 5.92. The number of piperidine rings is 1. The zero-order valence-electron chi connectivity index (χ0n) is 20.3. The van der Waals surface area contributed by atoms with Gasteiger partial charge < -0.3 is 24.5 Å². The molecule has 1 saturated heterocycles. The number of likely N-dealkylation sites (tertiary alicyclic amines) is 1. The molecule has 4 rings (SSSR count). The van der Waals surface area contributed by atoms with Crippen LogP contribution in [0.4, 0.5) is 4.39 Å². The van der Waals surface area contributed by atoms with Crippen molar-refractivity contribution in [2.75, 3.05) is 26.2 Å². The maximum Gasteiger partial charge on any atom is 0.342 e. The van der Waals surface area contributed by atoms with Gasteiger partial charge in [-0.2, -0.15) is 0 Å². The standard InChI is InChI=1S/C26H32FN3O5/c1-26(2,3)35-24(32)20-6-4-5-7-23(20)34-16-19(31)15-29-12-10-18(11-13-29)30-22-9-8-17(27)14-21(22)28-25(30)33/h4-9,14,18-19,31H,10-13,15-16H2,1-3H3,(H,28,33). The number of hydrogen-bond donors (Lipinski definition) is 2. The number of aliphatic hydroxyl groups is 1. The van der Waals surface area contributed by atoms with Gasteiger partial charge in [0.25, 0.3) is 0 Å². The summed E-state index contributed by atoms with van der Waals surface area (Å²) in [6, 6.07) is 11.2. The van der Waals surface area contributed by atoms with E-state index in [0.29, 0.717) is 42.0 Å². The second-order valence-electron chi connectivity index (χ2n) is 9.96. The van der Waals surface area contributed by atoms with Gasteiger partial charge in [0.1, 0.15) is 35.4 Å². The van der Waals surface area contributed by atoms with Crippen molar-refractivity contribution < 1.29 is 23.8 Å². The number of carbonyl (C=O) groups is 1. The highest BCUT2D eigenvalue weighted by Gasteiger charge is 2.26. The van der Waals surface area contributed by atoms with Gasteiger partial charge in [0.05, 0.1) is 11.0 Å². The largest absolute Gasteiger partial charge is 0.490 e. The van der Waals surface area contributed by atoms with Crippen LogP contribution in [0.1, 0.15) is 50.0 Å². The first kappa shape index (κ1) is 24.9. The van der Waals surface area contributed by atoms with E-state index < -0.39 is 17.7 Å². The fourth-order valence-corrected chi connectivity index (χ4v) is 4.46. The van der Waals surface area contributed by atoms with E-state index in [1.807, 2.05) is 0 Å². The highest BCUT2D eigenvalue weighted by atomic mass is 19.1. The summed E-state index contributed by atoms with van der Waals surface area (Å²) in [7, 11) is 0. The molecule has 0 aliphatic carbocycles. The summed E-state index contributed by atoms with van der Waals surface area (Å²) in [4.78, 5) is 29.8. The smallest absolute Gasteiger partial charge is 0.342 e. The molecule has 1 atom stereocenters. The number of aromatic nitrogens is 2. The molecular formula is C26H32FN3O5. The highest BCUT2D eigenvalue weighted by Crippen LogP contribution is 2.26. The van der Waals surface area contributed by atoms with Gasteiger partial charge in [-0.1, -0.05) is 12.1 Å². The van der Waals surface area contributed by atoms with Crippen LogP contribution in [0.3, 0.4) is 0 Å². The van der Waals surface area contributed by atoms with Crippen molar-refractivity contribution in [3.8, 4) is 5.75 Å². The van der Waals surface area contributed by atoms with Crippen LogP contribution in [0, 0.1) is 5.82 Å². The second-order valence-corrected chi connectivity index (χ2v) is 9.96. The summed E-state index contributed by atoms with van der Waals surface area (Å²) in [5.74, 6) is -0.486. The Hall–Kier alpha value is -3.17. The summed E-state index contributed by atoms with van der Waals surface area (Å²) in [5, 5.41) is 10.6. The van der Waals surface area contributed by atoms with Crippen LogP contribution >= 0.6 is 0 Å². The molecule has 9 heteroatoms. The van der Waals surface area contributed by atoms with Crippen molar-refractivity contribution >= 4 is 17.0 Å². The van der Waals surface area contributed by atoms with E-state index in [0.717, 1.165) is 12.8 Å². The Bertz CT molecular complexity index is 1240. The van der Waals surface area contributed by atoms with Gasteiger partial charge in [0, 0.05) is 25.7 Å². The first-order valence-corrected chi connectivity index (χ1v) is 11.9. The predicted octanol–water partition coefficient (Wildman–Crippen LogP) is 3.50. The minimum atomic E-state index is -0.753. The van der Waals surface area contributed by atoms with Gasteiger partial charge in [-0.15, -0.1) is 0 Å². The number of benzene rings is 2. The molecule has 1 unspecified atom stereocenters. The molecule has 0 radical (unpaired) electrons. The molecule has 3 aromatic rings. The van der Waals surface area contributed by atoms with Gasteiger partial charge in [0.2, 0.25) is 0 Å². The first-order valence-electron chi connectivity index (χ1n) is 11.9. The number of nitrogens with zero attached hydrogens (tertiary/aromatic N) is 2. The third kappa shape index (κ3) is 6.10. The van der Waals surface area contributed by atoms with Gasteiger partial charge in [-0.25, -0.2) is 14.0 Å². The third-order valence-electron chi connectivity index (χ3n) is 6.01. The monoisotopic (exact) mass is 485 g/mol. The first-order chi connectivity index (χ1) is 16.6. The minimum Gasteiger partial charge on any atom is -0.490 e. The molecule has 0 saturated carbocycles. The van der Waals surface area contributed by atoms with E-state index in [4.69, 9.17) is 9.47 Å². The molecule has 1 aliphatic heterocycles. The summed E-state index contributed by atoms with van der Waals surface area (Å²) >= 11 is 0. The van der Waals surface area contributed by atoms with E-state index in [2.05, 4.69) is 9.88 Å². The molecule has 2 aromatic carbocycles. The van der Waals surface area contributed by atoms with Gasteiger partial charge in [-0.05, 0) is 63.9 Å². The summed E-state index contributed by atoms with van der Waals surface area (Å²) < 4.78 is 26.4. The fraction of sp³-hybridized carbons (Fsp3) is 0.462. The second kappa shape index (κ2) is 10.2. The Kier molecular flexibility index (Phi) is 7.28. The molecule has 1 fully saturated rings. The molecule has 0 bridgehead atoms. The van der Waals surface area contributed by atoms with Crippen LogP contribution in [-0.2, 0) is 4.74 Å². The summed E-state index contributed by atoms with van der Waals surface area (Å²) in [5.41, 5.74) is 0.661. The molecule has 0 spiro atoms. The predicted molar refractivity (Wildman–Crippen MR) is 130 cm³/mol. The average Bonchev–Trinajstić information content (AvgIpc) is 3.12. The normalized spacial score (nSPS) is 16.4. The number of fused-ring (bicyclic) bond motifs is 1. The maximum atomic E-state index is 13.5. The number of halogens is 1. The van der Waals surface area contributed by atoms with Crippen molar-refractivity contribution in [2.45, 2.75) is 51.4 Å². The fourth-order valence-electron chi connectivity index (χ4n) is 4.46. The van der Waals surface area contributed by atoms with Gasteiger partial charge in [0.15, 0.2) is 0 Å². The number of imidazole rings is 1. The number of para-hydroxylation sites is 1. The Balaban J connectivity index is 1.31. The molecule has 1 aliphatic rings. The summed E-state index contributed by atoms with van der Waals surface area (Å²) in [6.07, 6.45) is 0.718. The lowest BCUT2D eigenvalue weighted by atomic mass is 10.0. The average molecular weight is 486 g/mol. The van der Waals surface area contributed by atoms with Crippen molar-refractivity contribution in [1.82, 2.24) is 14.5 Å². The van der Waals surface area contributed by atoms with Crippen LogP contribution in [-0.4, -0.2) is 63.5 Å². The number of esters is 1. The van der Waals surface area contributed by atoms with Gasteiger partial charge >= 0.3 is 11.7 Å². The number of ether oxygens (including phenoxy) is 2. The van der Waals surface area contributed by atoms with Gasteiger partial charge in [-0.3, -0.25) is 4.57 Å². The Morgan fingerprint density at radius 2 is 1.91 bits per heavy atom. The van der Waals surface area contributed by atoms with Crippen LogP contribution in [0.5, 0.6) is 5.75 Å². The SMILES string of the molecule is CC(C)(C)OC(=O)c1ccccc1OCC(O)CN1CCC(n2c(=O)[nH]c3cc(F)ccc32)CC1. The molecule has 1 aromatic heterocycles. The number of nitrogens with one attached hydrogen (secondary N) is 1. The molecule has 2 heterocycles. The van der Waals surface area contributed by atoms with Crippen molar-refractivity contribution in [2.24, 2.45) is 0 Å². The Morgan fingerprint density at radius 3 is 2.63 bits per heavy atom. The van der Waals surface area contributed by atoms with Crippen LogP contribution in [0.25, 0.3) is 11.0 Å². The van der Waals surface area contributed by atoms with E-state index in [-0.39, 0.29) is 24.2 Å². The van der Waals surface area contributed by atoms with Crippen LogP contribution in [0.2, 0.25) is 0 Å². The number of β-amino-alcohol motifs (C(OH)–C–C–N with tert-alkyl or cyclic N) is 1. The van der Waals surface area contributed by atoms with Crippen molar-refractivity contribution in [1.29, 1.82) is 0 Å². The lowest BCUT2D eigenvalue weighted by Gasteiger charge is -2.33. The number of aliphatic hydroxyl groups excluding tert-OH is 1. The van der Waals surface area contributed by atoms with E-state index in [1.165, 1.54) is 12.1 Å². The number of carbonyl (C=O) groups excluding carboxylic acids is 1. The lowest BCUT2D eigenvalue weighted by molar-refractivity contribution is 0.00613. The molecule has 35 heavy (non-hydrogen) atoms. The number of hydrogen-bond acceptors (Lipinski definition) is 6. The Labute approximate surface area is 203 Å². The molecule has 0 amide bonds. The van der Waals surface area contributed by atoms with Crippen molar-refractivity contribution in [3.63, 3.8) is 0 Å². The van der Waals surface area contributed by atoms with Crippen molar-refractivity contribution in [3.05, 3.63) is 64.3 Å². The molecule has 188 valence electrons. The Morgan fingerprint density at radius 1 is 1.20 bits per heavy atom. The van der Waals surface area contributed by atoms with E-state index >= 15 is 0 Å². The van der Waals surface area contributed by atoms with Crippen LogP contribution in [0.15, 0.2) is 47.3 Å². The number of H-pyrrole nitrogens is 1. The number of rotatable bonds is 7. The third-order valence-corrected chi connectivity index (χ3v) is 6.01. The van der Waals surface area contributed by atoms with E-state index in [9.17, 15) is 19.1 Å². The number of aromatic amines is 1. The summed E-state index contributed by atoms with van der Waals surface area (Å²) in [6.45, 7) is 7.26. The van der Waals surface area contributed by atoms with Crippen LogP contribution < -0.4 is 10.4 Å². The zero-order chi connectivity index (χ0) is 25.2. The molecule has 2 N–H and O–H groups in total.